The molecule has 1 atom stereocenters. The average Bonchev–Trinajstić information content (AvgIpc) is 2.49. The third-order valence-electron chi connectivity index (χ3n) is 4.12. The van der Waals surface area contributed by atoms with Gasteiger partial charge >= 0.3 is 0 Å². The Morgan fingerprint density at radius 1 is 1.24 bits per heavy atom. The number of carbonyl (C=O) groups excluding carboxylic acids is 1. The van der Waals surface area contributed by atoms with Gasteiger partial charge in [-0.15, -0.1) is 12.4 Å². The molecule has 0 saturated heterocycles. The molecule has 118 valence electrons. The zero-order chi connectivity index (χ0) is 14.4. The van der Waals surface area contributed by atoms with Crippen LogP contribution in [0.15, 0.2) is 24.3 Å². The molecule has 3 N–H and O–H groups in total. The van der Waals surface area contributed by atoms with Crippen molar-refractivity contribution in [3.8, 4) is 0 Å². The summed E-state index contributed by atoms with van der Waals surface area (Å²) in [5, 5.41) is 3.85. The number of nitrogens with one attached hydrogen (secondary N) is 1. The van der Waals surface area contributed by atoms with E-state index < -0.39 is 0 Å². The van der Waals surface area contributed by atoms with E-state index in [1.54, 1.807) is 0 Å². The summed E-state index contributed by atoms with van der Waals surface area (Å²) in [7, 11) is 0. The molecule has 1 unspecified atom stereocenters. The van der Waals surface area contributed by atoms with Gasteiger partial charge in [0.2, 0.25) is 5.91 Å². The maximum absolute atomic E-state index is 11.7. The van der Waals surface area contributed by atoms with Crippen LogP contribution in [0, 0.1) is 5.92 Å². The molecule has 3 nitrogen and oxygen atoms in total. The summed E-state index contributed by atoms with van der Waals surface area (Å²) >= 11 is 5.92. The first-order valence-corrected chi connectivity index (χ1v) is 7.80. The lowest BCUT2D eigenvalue weighted by Crippen LogP contribution is -2.45. The number of halogens is 2. The Bertz CT molecular complexity index is 430. The number of benzene rings is 1. The topological polar surface area (TPSA) is 55.1 Å². The third kappa shape index (κ3) is 5.85. The predicted octanol–water partition coefficient (Wildman–Crippen LogP) is 3.33. The summed E-state index contributed by atoms with van der Waals surface area (Å²) in [6, 6.07) is 8.06. The quantitative estimate of drug-likeness (QED) is 0.869. The third-order valence-corrected chi connectivity index (χ3v) is 4.37. The van der Waals surface area contributed by atoms with Crippen molar-refractivity contribution in [3.05, 3.63) is 34.9 Å². The van der Waals surface area contributed by atoms with Crippen molar-refractivity contribution in [3.63, 3.8) is 0 Å². The molecule has 0 aromatic heterocycles. The Labute approximate surface area is 138 Å². The maximum Gasteiger partial charge on any atom is 0.233 e. The molecule has 1 aromatic carbocycles. The van der Waals surface area contributed by atoms with Crippen LogP contribution in [0.4, 0.5) is 0 Å². The zero-order valence-electron chi connectivity index (χ0n) is 12.2. The van der Waals surface area contributed by atoms with Gasteiger partial charge in [0.1, 0.15) is 0 Å². The monoisotopic (exact) mass is 330 g/mol. The van der Waals surface area contributed by atoms with Crippen LogP contribution in [0.5, 0.6) is 0 Å². The van der Waals surface area contributed by atoms with Crippen LogP contribution in [0.2, 0.25) is 5.02 Å². The number of hydrogen-bond acceptors (Lipinski definition) is 2. The fraction of sp³-hybridized carbons (Fsp3) is 0.562. The fourth-order valence-electron chi connectivity index (χ4n) is 3.01. The van der Waals surface area contributed by atoms with Crippen molar-refractivity contribution < 1.29 is 4.79 Å². The summed E-state index contributed by atoms with van der Waals surface area (Å²) < 4.78 is 0. The standard InChI is InChI=1S/C16H23ClN2O.ClH/c17-14-8-6-12(7-9-14)10-15(19-16(20)11-18)13-4-2-1-3-5-13;/h6-9,13,15H,1-5,10-11,18H2,(H,19,20);1H. The second-order valence-electron chi connectivity index (χ2n) is 5.61. The molecule has 1 aliphatic carbocycles. The molecule has 0 spiro atoms. The first-order chi connectivity index (χ1) is 9.69. The Balaban J connectivity index is 0.00000220. The Kier molecular flexibility index (Phi) is 8.09. The molecule has 0 bridgehead atoms. The zero-order valence-corrected chi connectivity index (χ0v) is 13.8. The second kappa shape index (κ2) is 9.29. The Morgan fingerprint density at radius 3 is 2.43 bits per heavy atom. The molecule has 0 heterocycles. The van der Waals surface area contributed by atoms with Gasteiger partial charge in [-0.2, -0.15) is 0 Å². The van der Waals surface area contributed by atoms with Gasteiger partial charge in [0.05, 0.1) is 6.54 Å². The van der Waals surface area contributed by atoms with Crippen molar-refractivity contribution >= 4 is 29.9 Å². The van der Waals surface area contributed by atoms with Crippen LogP contribution in [0.1, 0.15) is 37.7 Å². The molecule has 0 aliphatic heterocycles. The molecule has 21 heavy (non-hydrogen) atoms. The highest BCUT2D eigenvalue weighted by atomic mass is 35.5. The van der Waals surface area contributed by atoms with Crippen LogP contribution in [-0.4, -0.2) is 18.5 Å². The first kappa shape index (κ1) is 18.3. The van der Waals surface area contributed by atoms with Crippen LogP contribution in [-0.2, 0) is 11.2 Å². The molecule has 1 saturated carbocycles. The van der Waals surface area contributed by atoms with Gasteiger partial charge in [-0.05, 0) is 42.9 Å². The van der Waals surface area contributed by atoms with E-state index >= 15 is 0 Å². The van der Waals surface area contributed by atoms with Crippen molar-refractivity contribution in [2.24, 2.45) is 11.7 Å². The van der Waals surface area contributed by atoms with Crippen LogP contribution in [0.25, 0.3) is 0 Å². The van der Waals surface area contributed by atoms with Gasteiger partial charge in [-0.1, -0.05) is 43.0 Å². The molecule has 1 fully saturated rings. The number of amides is 1. The number of rotatable bonds is 5. The van der Waals surface area contributed by atoms with Crippen molar-refractivity contribution in [1.82, 2.24) is 5.32 Å². The summed E-state index contributed by atoms with van der Waals surface area (Å²) in [5.74, 6) is 0.504. The second-order valence-corrected chi connectivity index (χ2v) is 6.04. The van der Waals surface area contributed by atoms with Crippen LogP contribution >= 0.6 is 24.0 Å². The van der Waals surface area contributed by atoms with Gasteiger partial charge in [-0.25, -0.2) is 0 Å². The van der Waals surface area contributed by atoms with Gasteiger partial charge in [0.15, 0.2) is 0 Å². The van der Waals surface area contributed by atoms with Gasteiger partial charge in [0.25, 0.3) is 0 Å². The lowest BCUT2D eigenvalue weighted by Gasteiger charge is -2.31. The molecule has 1 amide bonds. The van der Waals surface area contributed by atoms with Crippen LogP contribution in [0.3, 0.4) is 0 Å². The minimum Gasteiger partial charge on any atom is -0.352 e. The lowest BCUT2D eigenvalue weighted by molar-refractivity contribution is -0.120. The Hall–Kier alpha value is -0.770. The number of hydrogen-bond donors (Lipinski definition) is 2. The van der Waals surface area contributed by atoms with E-state index in [-0.39, 0.29) is 30.9 Å². The van der Waals surface area contributed by atoms with Crippen molar-refractivity contribution in [2.45, 2.75) is 44.6 Å². The van der Waals surface area contributed by atoms with E-state index in [0.717, 1.165) is 11.4 Å². The Morgan fingerprint density at radius 2 is 1.86 bits per heavy atom. The molecule has 0 radical (unpaired) electrons. The number of carbonyl (C=O) groups is 1. The molecule has 2 rings (SSSR count). The van der Waals surface area contributed by atoms with E-state index in [0.29, 0.717) is 5.92 Å². The first-order valence-electron chi connectivity index (χ1n) is 7.43. The average molecular weight is 331 g/mol. The molecular weight excluding hydrogens is 307 g/mol. The highest BCUT2D eigenvalue weighted by Crippen LogP contribution is 2.28. The molecule has 5 heteroatoms. The van der Waals surface area contributed by atoms with E-state index in [2.05, 4.69) is 5.32 Å². The summed E-state index contributed by atoms with van der Waals surface area (Å²) in [4.78, 5) is 11.7. The normalized spacial score (nSPS) is 16.9. The van der Waals surface area contributed by atoms with Gasteiger partial charge in [-0.3, -0.25) is 4.79 Å². The van der Waals surface area contributed by atoms with Gasteiger partial charge in [0, 0.05) is 11.1 Å². The number of nitrogens with two attached hydrogens (primary N) is 1. The van der Waals surface area contributed by atoms with Crippen molar-refractivity contribution in [2.75, 3.05) is 6.54 Å². The van der Waals surface area contributed by atoms with Gasteiger partial charge < -0.3 is 11.1 Å². The molecule has 1 aromatic rings. The largest absolute Gasteiger partial charge is 0.352 e. The molecular formula is C16H24Cl2N2O. The SMILES string of the molecule is Cl.NCC(=O)NC(Cc1ccc(Cl)cc1)C1CCCCC1. The molecule has 1 aliphatic rings. The minimum atomic E-state index is -0.0606. The van der Waals surface area contributed by atoms with E-state index in [1.807, 2.05) is 24.3 Å². The van der Waals surface area contributed by atoms with E-state index in [4.69, 9.17) is 17.3 Å². The predicted molar refractivity (Wildman–Crippen MR) is 90.0 cm³/mol. The highest BCUT2D eigenvalue weighted by molar-refractivity contribution is 6.30. The summed E-state index contributed by atoms with van der Waals surface area (Å²) in [6.07, 6.45) is 7.09. The van der Waals surface area contributed by atoms with Crippen LogP contribution < -0.4 is 11.1 Å². The lowest BCUT2D eigenvalue weighted by atomic mass is 9.81. The van der Waals surface area contributed by atoms with E-state index in [1.165, 1.54) is 37.7 Å². The maximum atomic E-state index is 11.7. The fourth-order valence-corrected chi connectivity index (χ4v) is 3.14. The minimum absolute atomic E-state index is 0. The smallest absolute Gasteiger partial charge is 0.233 e. The summed E-state index contributed by atoms with van der Waals surface area (Å²) in [6.45, 7) is 0.0594. The highest BCUT2D eigenvalue weighted by Gasteiger charge is 2.24. The van der Waals surface area contributed by atoms with E-state index in [9.17, 15) is 4.79 Å². The van der Waals surface area contributed by atoms with Crippen molar-refractivity contribution in [1.29, 1.82) is 0 Å². The summed E-state index contributed by atoms with van der Waals surface area (Å²) in [5.41, 5.74) is 6.64.